The summed E-state index contributed by atoms with van der Waals surface area (Å²) < 4.78 is 0. The van der Waals surface area contributed by atoms with Gasteiger partial charge < -0.3 is 37.2 Å². The first-order chi connectivity index (χ1) is 21.1. The third-order valence-electron chi connectivity index (χ3n) is 10.2. The Labute approximate surface area is 335 Å². The number of rotatable bonds is 11. The van der Waals surface area contributed by atoms with E-state index in [1.54, 1.807) is 20.8 Å². The number of halogens is 3. The Bertz CT molecular complexity index is 1340. The van der Waals surface area contributed by atoms with Crippen LogP contribution in [-0.2, 0) is 21.7 Å². The average molecular weight is 772 g/mol. The first kappa shape index (κ1) is 47.9. The van der Waals surface area contributed by atoms with E-state index in [1.165, 1.54) is 39.0 Å². The molecule has 0 atom stereocenters. The molecule has 1 aliphatic carbocycles. The molecule has 3 aromatic rings. The van der Waals surface area contributed by atoms with Gasteiger partial charge in [-0.1, -0.05) is 179 Å². The van der Waals surface area contributed by atoms with Crippen molar-refractivity contribution >= 4 is 23.6 Å². The fraction of sp³-hybridized carbons (Fsp3) is 0.500. The van der Waals surface area contributed by atoms with Crippen molar-refractivity contribution in [3.63, 3.8) is 0 Å². The van der Waals surface area contributed by atoms with Crippen LogP contribution >= 0.6 is 0 Å². The molecule has 0 nitrogen and oxygen atoms in total. The van der Waals surface area contributed by atoms with E-state index in [1.807, 2.05) is 0 Å². The Balaban J connectivity index is 0.00000576. The van der Waals surface area contributed by atoms with Crippen molar-refractivity contribution in [2.45, 2.75) is 139 Å². The van der Waals surface area contributed by atoms with Crippen LogP contribution in [0.25, 0.3) is 0 Å². The molecule has 0 saturated carbocycles. The standard InChI is InChI=1S/C44H61Si.3ClH.Ti/c1-27(2)34-18-35(28(3)4)22-40(21-34)45(44-17-15-16-43(44)33(13)14,41-23-36(29(5)6)19-37(24-41)30(7)8)42-25-38(31(9)10)20-39(26-42)32(11)12;;;;/h15,18-33H,17H2,1-14H3;3*1H;/q-1;;;;+4/p-3. The summed E-state index contributed by atoms with van der Waals surface area (Å²) in [4.78, 5) is 0. The van der Waals surface area contributed by atoms with Crippen molar-refractivity contribution in [1.82, 2.24) is 0 Å². The molecule has 266 valence electrons. The van der Waals surface area contributed by atoms with Crippen LogP contribution in [-0.4, -0.2) is 8.07 Å². The van der Waals surface area contributed by atoms with E-state index in [0.717, 1.165) is 6.42 Å². The third-order valence-corrected chi connectivity index (χ3v) is 15.0. The first-order valence-corrected chi connectivity index (χ1v) is 19.9. The predicted molar refractivity (Wildman–Crippen MR) is 203 cm³/mol. The normalized spacial score (nSPS) is 13.1. The van der Waals surface area contributed by atoms with Gasteiger partial charge in [0, 0.05) is 0 Å². The van der Waals surface area contributed by atoms with E-state index in [-0.39, 0.29) is 58.9 Å². The van der Waals surface area contributed by atoms with Crippen LogP contribution in [0.5, 0.6) is 0 Å². The van der Waals surface area contributed by atoms with E-state index in [9.17, 15) is 0 Å². The van der Waals surface area contributed by atoms with E-state index >= 15 is 0 Å². The molecule has 0 spiro atoms. The zero-order chi connectivity index (χ0) is 33.4. The molecule has 0 aliphatic heterocycles. The van der Waals surface area contributed by atoms with Crippen molar-refractivity contribution < 1.29 is 58.9 Å². The first-order valence-electron chi connectivity index (χ1n) is 17.9. The zero-order valence-electron chi connectivity index (χ0n) is 32.7. The van der Waals surface area contributed by atoms with Gasteiger partial charge in [-0.3, -0.25) is 6.08 Å². The molecule has 1 aliphatic rings. The molecular weight excluding hydrogens is 711 g/mol. The molecule has 5 heteroatoms. The molecule has 0 fully saturated rings. The van der Waals surface area contributed by atoms with Crippen LogP contribution in [0.2, 0.25) is 0 Å². The third kappa shape index (κ3) is 10.1. The summed E-state index contributed by atoms with van der Waals surface area (Å²) >= 11 is 0. The van der Waals surface area contributed by atoms with Crippen molar-refractivity contribution in [3.8, 4) is 0 Å². The second-order valence-corrected chi connectivity index (χ2v) is 19.8. The van der Waals surface area contributed by atoms with Crippen molar-refractivity contribution in [2.24, 2.45) is 5.92 Å². The maximum atomic E-state index is 3.83. The number of allylic oxidation sites excluding steroid dienone is 4. The molecule has 0 saturated heterocycles. The van der Waals surface area contributed by atoms with Crippen LogP contribution in [0.1, 0.15) is 172 Å². The quantitative estimate of drug-likeness (QED) is 0.160. The van der Waals surface area contributed by atoms with Gasteiger partial charge in [0.1, 0.15) is 0 Å². The summed E-state index contributed by atoms with van der Waals surface area (Å²) in [6.07, 6.45) is 7.16. The topological polar surface area (TPSA) is 0 Å². The summed E-state index contributed by atoms with van der Waals surface area (Å²) in [7, 11) is -2.79. The van der Waals surface area contributed by atoms with E-state index in [4.69, 9.17) is 0 Å². The minimum Gasteiger partial charge on any atom is -1.00 e. The molecule has 0 aromatic heterocycles. The molecule has 0 amide bonds. The Morgan fingerprint density at radius 2 is 0.653 bits per heavy atom. The zero-order valence-corrected chi connectivity index (χ0v) is 37.5. The summed E-state index contributed by atoms with van der Waals surface area (Å²) in [6.45, 7) is 33.1. The predicted octanol–water partition coefficient (Wildman–Crippen LogP) is 2.16. The second-order valence-electron chi connectivity index (χ2n) is 15.9. The van der Waals surface area contributed by atoms with Crippen molar-refractivity contribution in [2.75, 3.05) is 0 Å². The van der Waals surface area contributed by atoms with Gasteiger partial charge in [-0.15, -0.1) is 0 Å². The number of hydrogen-bond acceptors (Lipinski definition) is 0. The summed E-state index contributed by atoms with van der Waals surface area (Å²) in [5, 5.41) is 6.29. The van der Waals surface area contributed by atoms with Crippen LogP contribution in [0.15, 0.2) is 71.4 Å². The molecule has 0 unspecified atom stereocenters. The summed E-state index contributed by atoms with van der Waals surface area (Å²) in [5.41, 5.74) is 10.2. The summed E-state index contributed by atoms with van der Waals surface area (Å²) in [6, 6.07) is 23.2. The van der Waals surface area contributed by atoms with Crippen LogP contribution in [0.4, 0.5) is 0 Å². The molecule has 3 aromatic carbocycles. The SMILES string of the molecule is CC(C)C1=C([Si](c2cc(C(C)C)cc(C(C)C)c2)(c2cc(C(C)C)cc(C(C)C)c2)c2cc(C(C)C)cc(C(C)C)c2)CC=[C-]1.[Cl-].[Cl-].[Cl-].[Ti+4]. The maximum Gasteiger partial charge on any atom is 4.00 e. The van der Waals surface area contributed by atoms with Gasteiger partial charge >= 0.3 is 21.7 Å². The molecule has 0 radical (unpaired) electrons. The van der Waals surface area contributed by atoms with E-state index in [2.05, 4.69) is 164 Å². The molecular formula is C44H61Cl3SiTi. The Hall–Kier alpha value is -1.06. The minimum absolute atomic E-state index is 0. The van der Waals surface area contributed by atoms with Gasteiger partial charge in [0.2, 0.25) is 0 Å². The van der Waals surface area contributed by atoms with Crippen LogP contribution < -0.4 is 52.8 Å². The molecule has 0 N–H and O–H groups in total. The van der Waals surface area contributed by atoms with Gasteiger partial charge in [-0.05, 0) is 68.9 Å². The second kappa shape index (κ2) is 19.7. The van der Waals surface area contributed by atoms with Gasteiger partial charge in [0.05, 0.1) is 8.07 Å². The van der Waals surface area contributed by atoms with Crippen LogP contribution in [0.3, 0.4) is 0 Å². The van der Waals surface area contributed by atoms with E-state index < -0.39 is 8.07 Å². The molecule has 0 heterocycles. The largest absolute Gasteiger partial charge is 4.00 e. The van der Waals surface area contributed by atoms with Crippen LogP contribution in [0, 0.1) is 12.0 Å². The van der Waals surface area contributed by atoms with Crippen molar-refractivity contribution in [3.05, 3.63) is 111 Å². The minimum atomic E-state index is -2.79. The van der Waals surface area contributed by atoms with Gasteiger partial charge in [-0.25, -0.2) is 10.8 Å². The molecule has 4 rings (SSSR count). The monoisotopic (exact) mass is 770 g/mol. The fourth-order valence-electron chi connectivity index (χ4n) is 7.03. The van der Waals surface area contributed by atoms with Crippen molar-refractivity contribution in [1.29, 1.82) is 0 Å². The molecule has 49 heavy (non-hydrogen) atoms. The number of benzene rings is 3. The molecule has 0 bridgehead atoms. The summed E-state index contributed by atoms with van der Waals surface area (Å²) in [5.74, 6) is 3.18. The van der Waals surface area contributed by atoms with Gasteiger partial charge in [-0.2, -0.15) is 6.08 Å². The fourth-order valence-corrected chi connectivity index (χ4v) is 12.5. The average Bonchev–Trinajstić information content (AvgIpc) is 3.47. The number of hydrogen-bond donors (Lipinski definition) is 0. The van der Waals surface area contributed by atoms with E-state index in [0.29, 0.717) is 41.4 Å². The smallest absolute Gasteiger partial charge is 1.00 e. The van der Waals surface area contributed by atoms with Gasteiger partial charge in [0.25, 0.3) is 0 Å². The Kier molecular flexibility index (Phi) is 19.3. The van der Waals surface area contributed by atoms with Gasteiger partial charge in [0.15, 0.2) is 0 Å². The Morgan fingerprint density at radius 1 is 0.408 bits per heavy atom. The maximum absolute atomic E-state index is 3.83. The Morgan fingerprint density at radius 3 is 0.857 bits per heavy atom.